The van der Waals surface area contributed by atoms with Crippen molar-refractivity contribution in [2.45, 2.75) is 25.7 Å². The molecule has 0 radical (unpaired) electrons. The molecule has 2 aromatic carbocycles. The molecule has 0 saturated heterocycles. The first-order valence-electron chi connectivity index (χ1n) is 8.51. The van der Waals surface area contributed by atoms with Crippen molar-refractivity contribution in [3.8, 4) is 12.1 Å². The molecule has 3 aliphatic rings. The molecule has 5 rings (SSSR count). The van der Waals surface area contributed by atoms with Crippen LogP contribution in [0, 0.1) is 34.5 Å². The molecule has 3 aliphatic carbocycles. The maximum Gasteiger partial charge on any atom is 0.129 e. The van der Waals surface area contributed by atoms with E-state index in [9.17, 15) is 10.5 Å². The second-order valence-corrected chi connectivity index (χ2v) is 6.79. The highest BCUT2D eigenvalue weighted by atomic mass is 14.4. The van der Waals surface area contributed by atoms with Crippen LogP contribution in [0.25, 0.3) is 16.8 Å². The molecule has 3 saturated carbocycles. The molecular weight excluding hydrogens is 292 g/mol. The first-order chi connectivity index (χ1) is 11.8. The van der Waals surface area contributed by atoms with Gasteiger partial charge >= 0.3 is 0 Å². The predicted molar refractivity (Wildman–Crippen MR) is 95.6 cm³/mol. The van der Waals surface area contributed by atoms with E-state index in [4.69, 9.17) is 0 Å². The van der Waals surface area contributed by atoms with Gasteiger partial charge in [-0.2, -0.15) is 10.5 Å². The van der Waals surface area contributed by atoms with Crippen molar-refractivity contribution in [3.05, 3.63) is 64.7 Å². The smallest absolute Gasteiger partial charge is 0.129 e. The summed E-state index contributed by atoms with van der Waals surface area (Å²) in [6, 6.07) is 19.1. The minimum atomic E-state index is 0.355. The molecule has 0 N–H and O–H groups in total. The third-order valence-corrected chi connectivity index (χ3v) is 5.54. The van der Waals surface area contributed by atoms with Gasteiger partial charge in [-0.15, -0.1) is 0 Å². The van der Waals surface area contributed by atoms with E-state index >= 15 is 0 Å². The van der Waals surface area contributed by atoms with E-state index in [-0.39, 0.29) is 0 Å². The highest BCUT2D eigenvalue weighted by Crippen LogP contribution is 2.49. The number of hydrogen-bond acceptors (Lipinski definition) is 2. The van der Waals surface area contributed by atoms with Crippen molar-refractivity contribution >= 4 is 16.8 Å². The monoisotopic (exact) mass is 310 g/mol. The zero-order valence-electron chi connectivity index (χ0n) is 13.5. The Hall–Kier alpha value is -2.84. The zero-order chi connectivity index (χ0) is 16.5. The Bertz CT molecular complexity index is 929. The van der Waals surface area contributed by atoms with Crippen molar-refractivity contribution in [2.75, 3.05) is 0 Å². The van der Waals surface area contributed by atoms with E-state index in [1.165, 1.54) is 28.3 Å². The van der Waals surface area contributed by atoms with Gasteiger partial charge in [-0.3, -0.25) is 0 Å². The molecule has 2 heteroatoms. The number of nitriles is 2. The summed E-state index contributed by atoms with van der Waals surface area (Å²) in [7, 11) is 0. The number of nitrogens with zero attached hydrogens (tertiary/aromatic N) is 2. The summed E-state index contributed by atoms with van der Waals surface area (Å²) >= 11 is 0. The summed E-state index contributed by atoms with van der Waals surface area (Å²) in [5.74, 6) is 0.867. The molecular formula is C22H18N2. The summed E-state index contributed by atoms with van der Waals surface area (Å²) in [4.78, 5) is 0. The Morgan fingerprint density at radius 1 is 0.917 bits per heavy atom. The molecule has 2 unspecified atom stereocenters. The van der Waals surface area contributed by atoms with Crippen molar-refractivity contribution in [1.82, 2.24) is 0 Å². The fourth-order valence-electron chi connectivity index (χ4n) is 4.33. The Morgan fingerprint density at radius 2 is 1.67 bits per heavy atom. The first kappa shape index (κ1) is 14.7. The van der Waals surface area contributed by atoms with Crippen LogP contribution in [-0.4, -0.2) is 0 Å². The molecule has 0 aromatic heterocycles. The molecule has 2 bridgehead atoms. The van der Waals surface area contributed by atoms with E-state index in [1.54, 1.807) is 0 Å². The number of fused-ring (bicyclic) bond motifs is 4. The van der Waals surface area contributed by atoms with E-state index in [0.717, 1.165) is 24.8 Å². The van der Waals surface area contributed by atoms with Gasteiger partial charge in [0.2, 0.25) is 0 Å². The van der Waals surface area contributed by atoms with Crippen LogP contribution in [0.2, 0.25) is 0 Å². The largest absolute Gasteiger partial charge is 0.192 e. The number of rotatable bonds is 1. The van der Waals surface area contributed by atoms with Gasteiger partial charge in [-0.1, -0.05) is 54.1 Å². The van der Waals surface area contributed by atoms with Crippen LogP contribution in [-0.2, 0) is 0 Å². The summed E-state index contributed by atoms with van der Waals surface area (Å²) in [5, 5.41) is 20.9. The summed E-state index contributed by atoms with van der Waals surface area (Å²) in [6.45, 7) is 0. The molecule has 0 spiro atoms. The van der Waals surface area contributed by atoms with Crippen molar-refractivity contribution in [3.63, 3.8) is 0 Å². The summed E-state index contributed by atoms with van der Waals surface area (Å²) in [6.07, 6.45) is 6.52. The van der Waals surface area contributed by atoms with E-state index in [2.05, 4.69) is 60.7 Å². The molecule has 0 amide bonds. The highest BCUT2D eigenvalue weighted by Gasteiger charge is 2.36. The standard InChI is InChI=1S/C22H18N2/c23-13-20(14-24)22-12-16-8-9-18(22)11-19(16)10-17-6-3-5-15-4-1-2-7-21(15)17/h1-7,10,16,18H,8-9,11-12H2/b19-10-. The maximum absolute atomic E-state index is 9.18. The van der Waals surface area contributed by atoms with Gasteiger partial charge in [0, 0.05) is 0 Å². The number of benzene rings is 2. The second-order valence-electron chi connectivity index (χ2n) is 6.79. The third-order valence-electron chi connectivity index (χ3n) is 5.54. The lowest BCUT2D eigenvalue weighted by atomic mass is 9.64. The van der Waals surface area contributed by atoms with Crippen molar-refractivity contribution in [1.29, 1.82) is 10.5 Å². The summed E-state index contributed by atoms with van der Waals surface area (Å²) < 4.78 is 0. The minimum absolute atomic E-state index is 0.355. The van der Waals surface area contributed by atoms with Gasteiger partial charge in [-0.25, -0.2) is 0 Å². The third kappa shape index (κ3) is 2.41. The Morgan fingerprint density at radius 3 is 2.42 bits per heavy atom. The maximum atomic E-state index is 9.18. The van der Waals surface area contributed by atoms with Crippen LogP contribution in [0.1, 0.15) is 31.2 Å². The Kier molecular flexibility index (Phi) is 3.68. The molecule has 3 fully saturated rings. The predicted octanol–water partition coefficient (Wildman–Crippen LogP) is 5.39. The van der Waals surface area contributed by atoms with E-state index < -0.39 is 0 Å². The summed E-state index contributed by atoms with van der Waals surface area (Å²) in [5.41, 5.74) is 4.23. The van der Waals surface area contributed by atoms with Crippen LogP contribution >= 0.6 is 0 Å². The normalized spacial score (nSPS) is 23.9. The zero-order valence-corrected chi connectivity index (χ0v) is 13.5. The van der Waals surface area contributed by atoms with Gasteiger partial charge in [-0.05, 0) is 59.4 Å². The quantitative estimate of drug-likeness (QED) is 0.663. The Balaban J connectivity index is 1.73. The second kappa shape index (κ2) is 5.99. The van der Waals surface area contributed by atoms with Crippen LogP contribution in [0.3, 0.4) is 0 Å². The average Bonchev–Trinajstić information content (AvgIpc) is 2.64. The van der Waals surface area contributed by atoms with Crippen LogP contribution in [0.4, 0.5) is 0 Å². The topological polar surface area (TPSA) is 47.6 Å². The highest BCUT2D eigenvalue weighted by molar-refractivity contribution is 5.91. The lowest BCUT2D eigenvalue weighted by Crippen LogP contribution is -2.27. The fraction of sp³-hybridized carbons (Fsp3) is 0.273. The van der Waals surface area contributed by atoms with Gasteiger partial charge in [0.25, 0.3) is 0 Å². The van der Waals surface area contributed by atoms with Gasteiger partial charge in [0.1, 0.15) is 17.7 Å². The fourth-order valence-corrected chi connectivity index (χ4v) is 4.33. The van der Waals surface area contributed by atoms with Gasteiger partial charge < -0.3 is 0 Å². The number of allylic oxidation sites excluding steroid dienone is 3. The van der Waals surface area contributed by atoms with Crippen LogP contribution in [0.5, 0.6) is 0 Å². The number of hydrogen-bond donors (Lipinski definition) is 0. The lowest BCUT2D eigenvalue weighted by Gasteiger charge is -2.40. The van der Waals surface area contributed by atoms with Crippen molar-refractivity contribution < 1.29 is 0 Å². The molecule has 24 heavy (non-hydrogen) atoms. The SMILES string of the molecule is N#CC(C#N)=C1CC2CCC1C/C2=C/c1cccc2ccccc12. The molecule has 0 heterocycles. The van der Waals surface area contributed by atoms with Crippen molar-refractivity contribution in [2.24, 2.45) is 11.8 Å². The molecule has 2 atom stereocenters. The van der Waals surface area contributed by atoms with Crippen LogP contribution < -0.4 is 0 Å². The van der Waals surface area contributed by atoms with Crippen LogP contribution in [0.15, 0.2) is 59.2 Å². The van der Waals surface area contributed by atoms with E-state index in [0.29, 0.717) is 17.4 Å². The van der Waals surface area contributed by atoms with Gasteiger partial charge in [0.15, 0.2) is 0 Å². The molecule has 0 aliphatic heterocycles. The first-order valence-corrected chi connectivity index (χ1v) is 8.51. The van der Waals surface area contributed by atoms with E-state index in [1.807, 2.05) is 0 Å². The Labute approximate surface area is 142 Å². The van der Waals surface area contributed by atoms with Gasteiger partial charge in [0.05, 0.1) is 0 Å². The molecule has 2 nitrogen and oxygen atoms in total. The molecule has 116 valence electrons. The lowest BCUT2D eigenvalue weighted by molar-refractivity contribution is 0.314. The molecule has 2 aromatic rings. The average molecular weight is 310 g/mol. The minimum Gasteiger partial charge on any atom is -0.192 e.